The van der Waals surface area contributed by atoms with Crippen molar-refractivity contribution in [3.63, 3.8) is 0 Å². The number of unbranched alkanes of at least 4 members (excludes halogenated alkanes) is 3. The monoisotopic (exact) mass is 390 g/mol. The highest BCUT2D eigenvalue weighted by Crippen LogP contribution is 2.27. The Labute approximate surface area is 152 Å². The van der Waals surface area contributed by atoms with Crippen LogP contribution >= 0.6 is 15.9 Å². The van der Waals surface area contributed by atoms with E-state index >= 15 is 0 Å². The van der Waals surface area contributed by atoms with Crippen LogP contribution in [0, 0.1) is 6.92 Å². The number of halogens is 1. The Balaban J connectivity index is 1.92. The summed E-state index contributed by atoms with van der Waals surface area (Å²) in [5.74, 6) is 0.908. The molecule has 0 radical (unpaired) electrons. The molecule has 0 amide bonds. The number of hydrogen-bond donors (Lipinski definition) is 0. The van der Waals surface area contributed by atoms with E-state index in [1.165, 1.54) is 19.3 Å². The smallest absolute Gasteiger partial charge is 0.343 e. The molecular formula is C20H23BrO3. The van der Waals surface area contributed by atoms with Crippen LogP contribution in [0.25, 0.3) is 0 Å². The van der Waals surface area contributed by atoms with Crippen LogP contribution in [0.3, 0.4) is 0 Å². The quantitative estimate of drug-likeness (QED) is 0.318. The van der Waals surface area contributed by atoms with E-state index in [0.717, 1.165) is 22.2 Å². The molecule has 24 heavy (non-hydrogen) atoms. The van der Waals surface area contributed by atoms with Gasteiger partial charge < -0.3 is 9.47 Å². The lowest BCUT2D eigenvalue weighted by atomic mass is 10.2. The third kappa shape index (κ3) is 5.68. The summed E-state index contributed by atoms with van der Waals surface area (Å²) in [6.07, 6.45) is 4.66. The molecule has 0 unspecified atom stereocenters. The second-order valence-corrected chi connectivity index (χ2v) is 6.61. The third-order valence-corrected chi connectivity index (χ3v) is 4.27. The van der Waals surface area contributed by atoms with Crippen molar-refractivity contribution >= 4 is 21.9 Å². The van der Waals surface area contributed by atoms with Crippen LogP contribution in [0.2, 0.25) is 0 Å². The minimum absolute atomic E-state index is 0.381. The van der Waals surface area contributed by atoms with E-state index in [1.807, 2.05) is 19.1 Å². The van der Waals surface area contributed by atoms with E-state index in [2.05, 4.69) is 22.9 Å². The second kappa shape index (κ2) is 9.48. The molecule has 0 aromatic heterocycles. The maximum Gasteiger partial charge on any atom is 0.343 e. The zero-order valence-corrected chi connectivity index (χ0v) is 15.8. The molecule has 0 fully saturated rings. The third-order valence-electron chi connectivity index (χ3n) is 3.65. The summed E-state index contributed by atoms with van der Waals surface area (Å²) in [6.45, 7) is 4.86. The average molecular weight is 391 g/mol. The lowest BCUT2D eigenvalue weighted by Crippen LogP contribution is -2.08. The molecule has 3 nitrogen and oxygen atoms in total. The average Bonchev–Trinajstić information content (AvgIpc) is 2.58. The van der Waals surface area contributed by atoms with Gasteiger partial charge in [-0.3, -0.25) is 0 Å². The van der Waals surface area contributed by atoms with Crippen molar-refractivity contribution in [2.45, 2.75) is 39.5 Å². The second-order valence-electron chi connectivity index (χ2n) is 5.76. The summed E-state index contributed by atoms with van der Waals surface area (Å²) in [5.41, 5.74) is 1.61. The number of rotatable bonds is 8. The highest BCUT2D eigenvalue weighted by atomic mass is 79.9. The molecule has 128 valence electrons. The van der Waals surface area contributed by atoms with E-state index in [1.54, 1.807) is 30.3 Å². The van der Waals surface area contributed by atoms with Gasteiger partial charge in [-0.05, 0) is 59.6 Å². The first-order valence-electron chi connectivity index (χ1n) is 8.31. The first kappa shape index (κ1) is 18.5. The molecule has 0 saturated heterocycles. The molecule has 2 aromatic rings. The highest BCUT2D eigenvalue weighted by Gasteiger charge is 2.11. The fourth-order valence-electron chi connectivity index (χ4n) is 2.23. The Bertz CT molecular complexity index is 665. The van der Waals surface area contributed by atoms with Gasteiger partial charge >= 0.3 is 5.97 Å². The van der Waals surface area contributed by atoms with Crippen molar-refractivity contribution in [3.8, 4) is 11.5 Å². The SMILES string of the molecule is CCCCCCOc1ccc(C(=O)Oc2ccc(C)cc2)cc1Br. The molecule has 0 bridgehead atoms. The molecule has 0 N–H and O–H groups in total. The van der Waals surface area contributed by atoms with E-state index in [0.29, 0.717) is 17.9 Å². The van der Waals surface area contributed by atoms with Gasteiger partial charge in [0.25, 0.3) is 0 Å². The van der Waals surface area contributed by atoms with Crippen LogP contribution in [0.1, 0.15) is 48.5 Å². The fourth-order valence-corrected chi connectivity index (χ4v) is 2.72. The molecule has 0 heterocycles. The standard InChI is InChI=1S/C20H23BrO3/c1-3-4-5-6-13-23-19-12-9-16(14-18(19)21)20(22)24-17-10-7-15(2)8-11-17/h7-12,14H,3-6,13H2,1-2H3. The number of carbonyl (C=O) groups is 1. The van der Waals surface area contributed by atoms with E-state index < -0.39 is 0 Å². The lowest BCUT2D eigenvalue weighted by Gasteiger charge is -2.10. The van der Waals surface area contributed by atoms with Gasteiger partial charge in [0, 0.05) is 0 Å². The zero-order valence-electron chi connectivity index (χ0n) is 14.2. The summed E-state index contributed by atoms with van der Waals surface area (Å²) in [6, 6.07) is 12.7. The number of ether oxygens (including phenoxy) is 2. The summed E-state index contributed by atoms with van der Waals surface area (Å²) < 4.78 is 11.9. The normalized spacial score (nSPS) is 10.5. The predicted octanol–water partition coefficient (Wildman–Crippen LogP) is 5.94. The van der Waals surface area contributed by atoms with E-state index in [9.17, 15) is 4.79 Å². The van der Waals surface area contributed by atoms with Gasteiger partial charge in [-0.25, -0.2) is 4.79 Å². The Morgan fingerprint density at radius 2 is 1.79 bits per heavy atom. The molecule has 0 aliphatic rings. The maximum atomic E-state index is 12.2. The van der Waals surface area contributed by atoms with Crippen molar-refractivity contribution < 1.29 is 14.3 Å². The van der Waals surface area contributed by atoms with Gasteiger partial charge in [-0.1, -0.05) is 43.9 Å². The molecule has 2 aromatic carbocycles. The van der Waals surface area contributed by atoms with Crippen LogP contribution in [0.5, 0.6) is 11.5 Å². The minimum Gasteiger partial charge on any atom is -0.492 e. The van der Waals surface area contributed by atoms with Crippen LogP contribution < -0.4 is 9.47 Å². The first-order valence-corrected chi connectivity index (χ1v) is 9.10. The van der Waals surface area contributed by atoms with Crippen LogP contribution in [0.15, 0.2) is 46.9 Å². The molecule has 0 spiro atoms. The topological polar surface area (TPSA) is 35.5 Å². The van der Waals surface area contributed by atoms with Gasteiger partial charge in [-0.15, -0.1) is 0 Å². The van der Waals surface area contributed by atoms with Crippen molar-refractivity contribution in [2.75, 3.05) is 6.61 Å². The summed E-state index contributed by atoms with van der Waals surface area (Å²) in [7, 11) is 0. The van der Waals surface area contributed by atoms with Gasteiger partial charge in [0.05, 0.1) is 16.6 Å². The maximum absolute atomic E-state index is 12.2. The fraction of sp³-hybridized carbons (Fsp3) is 0.350. The summed E-state index contributed by atoms with van der Waals surface area (Å²) >= 11 is 3.46. The number of benzene rings is 2. The molecule has 0 atom stereocenters. The number of carbonyl (C=O) groups excluding carboxylic acids is 1. The number of esters is 1. The van der Waals surface area contributed by atoms with E-state index in [4.69, 9.17) is 9.47 Å². The zero-order chi connectivity index (χ0) is 17.4. The molecular weight excluding hydrogens is 368 g/mol. The van der Waals surface area contributed by atoms with Crippen molar-refractivity contribution in [1.29, 1.82) is 0 Å². The van der Waals surface area contributed by atoms with Gasteiger partial charge in [-0.2, -0.15) is 0 Å². The van der Waals surface area contributed by atoms with Crippen LogP contribution in [0.4, 0.5) is 0 Å². The molecule has 0 aliphatic carbocycles. The summed E-state index contributed by atoms with van der Waals surface area (Å²) in [5, 5.41) is 0. The molecule has 2 rings (SSSR count). The van der Waals surface area contributed by atoms with Gasteiger partial charge in [0.1, 0.15) is 11.5 Å². The van der Waals surface area contributed by atoms with Gasteiger partial charge in [0.15, 0.2) is 0 Å². The summed E-state index contributed by atoms with van der Waals surface area (Å²) in [4.78, 5) is 12.2. The van der Waals surface area contributed by atoms with Crippen LogP contribution in [-0.4, -0.2) is 12.6 Å². The Kier molecular flexibility index (Phi) is 7.32. The first-order chi connectivity index (χ1) is 11.6. The van der Waals surface area contributed by atoms with Crippen LogP contribution in [-0.2, 0) is 0 Å². The van der Waals surface area contributed by atoms with E-state index in [-0.39, 0.29) is 5.97 Å². The lowest BCUT2D eigenvalue weighted by molar-refractivity contribution is 0.0734. The Hall–Kier alpha value is -1.81. The molecule has 0 aliphatic heterocycles. The van der Waals surface area contributed by atoms with Crippen molar-refractivity contribution in [1.82, 2.24) is 0 Å². The van der Waals surface area contributed by atoms with Crippen molar-refractivity contribution in [3.05, 3.63) is 58.1 Å². The minimum atomic E-state index is -0.381. The largest absolute Gasteiger partial charge is 0.492 e. The predicted molar refractivity (Wildman–Crippen MR) is 99.9 cm³/mol. The van der Waals surface area contributed by atoms with Crippen molar-refractivity contribution in [2.24, 2.45) is 0 Å². The highest BCUT2D eigenvalue weighted by molar-refractivity contribution is 9.10. The van der Waals surface area contributed by atoms with Gasteiger partial charge in [0.2, 0.25) is 0 Å². The Morgan fingerprint density at radius 3 is 2.46 bits per heavy atom. The Morgan fingerprint density at radius 1 is 1.04 bits per heavy atom. The number of hydrogen-bond acceptors (Lipinski definition) is 3. The number of aryl methyl sites for hydroxylation is 1. The molecule has 4 heteroatoms. The molecule has 0 saturated carbocycles.